The Morgan fingerprint density at radius 1 is 1.29 bits per heavy atom. The van der Waals surface area contributed by atoms with Crippen LogP contribution in [0.15, 0.2) is 42.5 Å². The quantitative estimate of drug-likeness (QED) is 0.262. The zero-order chi connectivity index (χ0) is 12.3. The van der Waals surface area contributed by atoms with Gasteiger partial charge in [0.1, 0.15) is 5.75 Å². The van der Waals surface area contributed by atoms with Gasteiger partial charge in [0, 0.05) is 11.3 Å². The van der Waals surface area contributed by atoms with E-state index in [2.05, 4.69) is 0 Å². The maximum Gasteiger partial charge on any atom is 0.318 e. The van der Waals surface area contributed by atoms with Crippen LogP contribution < -0.4 is 4.74 Å². The third-order valence-corrected chi connectivity index (χ3v) is 2.60. The minimum Gasteiger partial charge on any atom is -0.426 e. The number of benzene rings is 1. The molecule has 88 valence electrons. The number of nitro groups is 1. The molecule has 2 rings (SSSR count). The minimum absolute atomic E-state index is 0.179. The highest BCUT2D eigenvalue weighted by Crippen LogP contribution is 2.22. The van der Waals surface area contributed by atoms with E-state index in [0.29, 0.717) is 5.75 Å². The molecule has 0 saturated carbocycles. The minimum atomic E-state index is -0.775. The predicted octanol–water partition coefficient (Wildman–Crippen LogP) is 1.81. The summed E-state index contributed by atoms with van der Waals surface area (Å²) in [6.07, 6.45) is 3.16. The van der Waals surface area contributed by atoms with E-state index in [1.807, 2.05) is 6.07 Å². The first kappa shape index (κ1) is 11.3. The zero-order valence-electron chi connectivity index (χ0n) is 8.98. The molecule has 0 saturated heterocycles. The average Bonchev–Trinajstić information content (AvgIpc) is 2.79. The van der Waals surface area contributed by atoms with Gasteiger partial charge < -0.3 is 4.74 Å². The second kappa shape index (κ2) is 4.78. The summed E-state index contributed by atoms with van der Waals surface area (Å²) >= 11 is 0. The summed E-state index contributed by atoms with van der Waals surface area (Å²) in [5, 5.41) is 10.5. The van der Waals surface area contributed by atoms with Crippen LogP contribution in [0, 0.1) is 16.0 Å². The summed E-state index contributed by atoms with van der Waals surface area (Å²) < 4.78 is 5.11. The summed E-state index contributed by atoms with van der Waals surface area (Å²) in [6, 6.07) is 7.89. The molecular weight excluding hydrogens is 222 g/mol. The van der Waals surface area contributed by atoms with Gasteiger partial charge in [0.05, 0.1) is 5.92 Å². The molecule has 1 aromatic rings. The first-order chi connectivity index (χ1) is 8.16. The van der Waals surface area contributed by atoms with E-state index in [-0.39, 0.29) is 6.42 Å². The Kier molecular flexibility index (Phi) is 3.18. The van der Waals surface area contributed by atoms with Crippen molar-refractivity contribution >= 4 is 5.97 Å². The average molecular weight is 233 g/mol. The third-order valence-electron chi connectivity index (χ3n) is 2.60. The molecule has 5 nitrogen and oxygen atoms in total. The van der Waals surface area contributed by atoms with Crippen LogP contribution in [0.2, 0.25) is 0 Å². The van der Waals surface area contributed by atoms with Crippen LogP contribution in [0.1, 0.15) is 6.42 Å². The van der Waals surface area contributed by atoms with Crippen molar-refractivity contribution in [2.75, 3.05) is 0 Å². The lowest BCUT2D eigenvalue weighted by molar-refractivity contribution is -0.509. The number of carbonyl (C=O) groups is 1. The van der Waals surface area contributed by atoms with Crippen LogP contribution in [0.3, 0.4) is 0 Å². The maximum absolute atomic E-state index is 11.7. The summed E-state index contributed by atoms with van der Waals surface area (Å²) in [7, 11) is 0. The molecule has 2 atom stereocenters. The number of esters is 1. The van der Waals surface area contributed by atoms with Gasteiger partial charge in [-0.25, -0.2) is 0 Å². The lowest BCUT2D eigenvalue weighted by Crippen LogP contribution is -2.22. The van der Waals surface area contributed by atoms with E-state index in [1.54, 1.807) is 30.3 Å². The fourth-order valence-electron chi connectivity index (χ4n) is 1.69. The van der Waals surface area contributed by atoms with Crippen molar-refractivity contribution in [2.45, 2.75) is 12.5 Å². The number of ether oxygens (including phenoxy) is 1. The van der Waals surface area contributed by atoms with E-state index in [1.165, 1.54) is 6.08 Å². The SMILES string of the molecule is O=C(Oc1ccccc1)C1C=CC([N+](=O)[O-])C1. The Balaban J connectivity index is 1.95. The van der Waals surface area contributed by atoms with Gasteiger partial charge in [0.25, 0.3) is 0 Å². The van der Waals surface area contributed by atoms with Gasteiger partial charge in [-0.3, -0.25) is 14.9 Å². The van der Waals surface area contributed by atoms with E-state index >= 15 is 0 Å². The van der Waals surface area contributed by atoms with Crippen molar-refractivity contribution in [3.63, 3.8) is 0 Å². The Bertz CT molecular complexity index is 455. The Morgan fingerprint density at radius 2 is 2.00 bits per heavy atom. The Labute approximate surface area is 97.9 Å². The monoisotopic (exact) mass is 233 g/mol. The third kappa shape index (κ3) is 2.69. The molecule has 1 aliphatic carbocycles. The van der Waals surface area contributed by atoms with E-state index in [0.717, 1.165) is 0 Å². The highest BCUT2D eigenvalue weighted by Gasteiger charge is 2.32. The molecule has 0 N–H and O–H groups in total. The van der Waals surface area contributed by atoms with Gasteiger partial charge in [0.15, 0.2) is 0 Å². The normalized spacial score (nSPS) is 22.4. The van der Waals surface area contributed by atoms with Crippen molar-refractivity contribution in [2.24, 2.45) is 5.92 Å². The largest absolute Gasteiger partial charge is 0.426 e. The second-order valence-electron chi connectivity index (χ2n) is 3.81. The standard InChI is InChI=1S/C12H11NO4/c14-12(17-11-4-2-1-3-5-11)9-6-7-10(8-9)13(15)16/h1-7,9-10H,8H2. The molecule has 0 amide bonds. The smallest absolute Gasteiger partial charge is 0.318 e. The van der Waals surface area contributed by atoms with Gasteiger partial charge in [-0.2, -0.15) is 0 Å². The molecule has 1 aliphatic rings. The second-order valence-corrected chi connectivity index (χ2v) is 3.81. The first-order valence-electron chi connectivity index (χ1n) is 5.25. The molecular formula is C12H11NO4. The Morgan fingerprint density at radius 3 is 2.59 bits per heavy atom. The van der Waals surface area contributed by atoms with E-state index in [4.69, 9.17) is 4.74 Å². The number of hydrogen-bond donors (Lipinski definition) is 0. The number of carbonyl (C=O) groups excluding carboxylic acids is 1. The summed E-state index contributed by atoms with van der Waals surface area (Å²) in [6.45, 7) is 0. The van der Waals surface area contributed by atoms with Crippen molar-refractivity contribution < 1.29 is 14.5 Å². The van der Waals surface area contributed by atoms with Crippen LogP contribution in [0.5, 0.6) is 5.75 Å². The summed E-state index contributed by atoms with van der Waals surface area (Å²) in [5.74, 6) is -0.516. The zero-order valence-corrected chi connectivity index (χ0v) is 8.98. The van der Waals surface area contributed by atoms with Gasteiger partial charge in [-0.05, 0) is 18.2 Å². The lowest BCUT2D eigenvalue weighted by atomic mass is 10.1. The van der Waals surface area contributed by atoms with Crippen molar-refractivity contribution in [3.8, 4) is 5.75 Å². The van der Waals surface area contributed by atoms with Crippen LogP contribution in [0.25, 0.3) is 0 Å². The molecule has 0 aliphatic heterocycles. The molecule has 0 bridgehead atoms. The fourth-order valence-corrected chi connectivity index (χ4v) is 1.69. The number of para-hydroxylation sites is 1. The molecule has 2 unspecified atom stereocenters. The van der Waals surface area contributed by atoms with Gasteiger partial charge in [-0.1, -0.05) is 24.3 Å². The van der Waals surface area contributed by atoms with Gasteiger partial charge >= 0.3 is 5.97 Å². The van der Waals surface area contributed by atoms with Crippen molar-refractivity contribution in [1.29, 1.82) is 0 Å². The number of nitrogens with zero attached hydrogens (tertiary/aromatic N) is 1. The van der Waals surface area contributed by atoms with Crippen LogP contribution in [-0.4, -0.2) is 16.9 Å². The predicted molar refractivity (Wildman–Crippen MR) is 60.1 cm³/mol. The Hall–Kier alpha value is -2.17. The van der Waals surface area contributed by atoms with Gasteiger partial charge in [-0.15, -0.1) is 0 Å². The maximum atomic E-state index is 11.7. The first-order valence-corrected chi connectivity index (χ1v) is 5.25. The van der Waals surface area contributed by atoms with Crippen molar-refractivity contribution in [3.05, 3.63) is 52.6 Å². The number of hydrogen-bond acceptors (Lipinski definition) is 4. The molecule has 0 radical (unpaired) electrons. The molecule has 0 aromatic heterocycles. The van der Waals surface area contributed by atoms with Crippen LogP contribution in [-0.2, 0) is 4.79 Å². The lowest BCUT2D eigenvalue weighted by Gasteiger charge is -2.08. The summed E-state index contributed by atoms with van der Waals surface area (Å²) in [4.78, 5) is 21.8. The molecule has 0 fully saturated rings. The molecule has 0 heterocycles. The van der Waals surface area contributed by atoms with Gasteiger partial charge in [0.2, 0.25) is 6.04 Å². The molecule has 0 spiro atoms. The summed E-state index contributed by atoms with van der Waals surface area (Å²) in [5.41, 5.74) is 0. The fraction of sp³-hybridized carbons (Fsp3) is 0.250. The van der Waals surface area contributed by atoms with E-state index in [9.17, 15) is 14.9 Å². The van der Waals surface area contributed by atoms with Crippen LogP contribution in [0.4, 0.5) is 0 Å². The number of rotatable bonds is 3. The van der Waals surface area contributed by atoms with Crippen LogP contribution >= 0.6 is 0 Å². The topological polar surface area (TPSA) is 69.4 Å². The molecule has 17 heavy (non-hydrogen) atoms. The van der Waals surface area contributed by atoms with Crippen molar-refractivity contribution in [1.82, 2.24) is 0 Å². The highest BCUT2D eigenvalue weighted by molar-refractivity contribution is 5.77. The highest BCUT2D eigenvalue weighted by atomic mass is 16.6. The molecule has 5 heteroatoms. The molecule has 1 aromatic carbocycles. The van der Waals surface area contributed by atoms with E-state index < -0.39 is 22.9 Å².